The van der Waals surface area contributed by atoms with E-state index in [4.69, 9.17) is 0 Å². The third-order valence-electron chi connectivity index (χ3n) is 4.48. The molecule has 0 spiro atoms. The Labute approximate surface area is 139 Å². The summed E-state index contributed by atoms with van der Waals surface area (Å²) < 4.78 is 1.43. The summed E-state index contributed by atoms with van der Waals surface area (Å²) in [5, 5.41) is 3.27. The van der Waals surface area contributed by atoms with Crippen molar-refractivity contribution in [2.24, 2.45) is 0 Å². The molecular formula is C17H22N4O3. The first-order valence-corrected chi connectivity index (χ1v) is 8.54. The summed E-state index contributed by atoms with van der Waals surface area (Å²) in [6.07, 6.45) is 7.63. The van der Waals surface area contributed by atoms with Crippen LogP contribution >= 0.6 is 0 Å². The summed E-state index contributed by atoms with van der Waals surface area (Å²) in [5.74, 6) is -0.219. The second-order valence-corrected chi connectivity index (χ2v) is 6.31. The summed E-state index contributed by atoms with van der Waals surface area (Å²) >= 11 is 0. The molecule has 3 rings (SSSR count). The van der Waals surface area contributed by atoms with Crippen LogP contribution in [-0.2, 0) is 6.54 Å². The first-order chi connectivity index (χ1) is 11.6. The third kappa shape index (κ3) is 3.25. The van der Waals surface area contributed by atoms with Crippen LogP contribution in [0.25, 0.3) is 11.0 Å². The topological polar surface area (TPSA) is 96.9 Å². The lowest BCUT2D eigenvalue weighted by molar-refractivity contribution is 0.0927. The van der Waals surface area contributed by atoms with Gasteiger partial charge in [-0.2, -0.15) is 0 Å². The minimum absolute atomic E-state index is 0.189. The van der Waals surface area contributed by atoms with Crippen molar-refractivity contribution in [1.82, 2.24) is 19.9 Å². The summed E-state index contributed by atoms with van der Waals surface area (Å²) in [5.41, 5.74) is -0.316. The van der Waals surface area contributed by atoms with E-state index in [1.807, 2.05) is 6.92 Å². The third-order valence-corrected chi connectivity index (χ3v) is 4.48. The van der Waals surface area contributed by atoms with Gasteiger partial charge in [-0.15, -0.1) is 0 Å². The predicted octanol–water partition coefficient (Wildman–Crippen LogP) is 1.56. The van der Waals surface area contributed by atoms with E-state index in [1.165, 1.54) is 23.3 Å². The van der Waals surface area contributed by atoms with Gasteiger partial charge in [-0.1, -0.05) is 26.2 Å². The summed E-state index contributed by atoms with van der Waals surface area (Å²) in [6, 6.07) is 1.71. The molecule has 1 amide bonds. The van der Waals surface area contributed by atoms with Gasteiger partial charge in [-0.3, -0.25) is 19.1 Å². The van der Waals surface area contributed by atoms with E-state index >= 15 is 0 Å². The first kappa shape index (κ1) is 16.4. The zero-order chi connectivity index (χ0) is 17.1. The molecule has 1 aliphatic rings. The number of aromatic amines is 1. The molecule has 2 N–H and O–H groups in total. The maximum absolute atomic E-state index is 12.4. The highest BCUT2D eigenvalue weighted by Crippen LogP contribution is 2.18. The SMILES string of the molecule is CCCn1c(=O)[nH]c(=O)c2cc(C(=O)NC3CCCCC3)cnc21. The smallest absolute Gasteiger partial charge is 0.329 e. The Balaban J connectivity index is 1.94. The van der Waals surface area contributed by atoms with Crippen LogP contribution in [0.1, 0.15) is 55.8 Å². The van der Waals surface area contributed by atoms with Crippen LogP contribution in [0, 0.1) is 0 Å². The molecule has 0 radical (unpaired) electrons. The van der Waals surface area contributed by atoms with Gasteiger partial charge in [-0.25, -0.2) is 9.78 Å². The monoisotopic (exact) mass is 330 g/mol. The number of nitrogens with one attached hydrogen (secondary N) is 2. The number of aromatic nitrogens is 3. The van der Waals surface area contributed by atoms with Crippen LogP contribution in [0.15, 0.2) is 21.9 Å². The Bertz CT molecular complexity index is 862. The van der Waals surface area contributed by atoms with Gasteiger partial charge in [0.2, 0.25) is 0 Å². The average molecular weight is 330 g/mol. The van der Waals surface area contributed by atoms with Gasteiger partial charge in [0.25, 0.3) is 11.5 Å². The minimum Gasteiger partial charge on any atom is -0.349 e. The van der Waals surface area contributed by atoms with Crippen LogP contribution in [0.3, 0.4) is 0 Å². The Hall–Kier alpha value is -2.44. The van der Waals surface area contributed by atoms with Crippen LogP contribution in [0.5, 0.6) is 0 Å². The number of carbonyl (C=O) groups is 1. The molecule has 24 heavy (non-hydrogen) atoms. The fourth-order valence-electron chi connectivity index (χ4n) is 3.24. The van der Waals surface area contributed by atoms with Gasteiger partial charge in [0.05, 0.1) is 10.9 Å². The highest BCUT2D eigenvalue weighted by atomic mass is 16.2. The maximum Gasteiger partial charge on any atom is 0.329 e. The van der Waals surface area contributed by atoms with Gasteiger partial charge >= 0.3 is 5.69 Å². The van der Waals surface area contributed by atoms with Crippen molar-refractivity contribution in [1.29, 1.82) is 0 Å². The lowest BCUT2D eigenvalue weighted by Gasteiger charge is -2.22. The molecule has 2 aromatic rings. The Morgan fingerprint density at radius 2 is 2.08 bits per heavy atom. The maximum atomic E-state index is 12.4. The number of hydrogen-bond acceptors (Lipinski definition) is 4. The number of aryl methyl sites for hydroxylation is 1. The van der Waals surface area contributed by atoms with Crippen molar-refractivity contribution < 1.29 is 4.79 Å². The Morgan fingerprint density at radius 3 is 2.79 bits per heavy atom. The molecule has 1 saturated carbocycles. The molecule has 0 unspecified atom stereocenters. The molecular weight excluding hydrogens is 308 g/mol. The Morgan fingerprint density at radius 1 is 1.33 bits per heavy atom. The molecule has 1 fully saturated rings. The quantitative estimate of drug-likeness (QED) is 0.889. The highest BCUT2D eigenvalue weighted by Gasteiger charge is 2.18. The van der Waals surface area contributed by atoms with Gasteiger partial charge in [0.15, 0.2) is 0 Å². The molecule has 0 bridgehead atoms. The van der Waals surface area contributed by atoms with Crippen molar-refractivity contribution in [2.75, 3.05) is 0 Å². The molecule has 7 nitrogen and oxygen atoms in total. The largest absolute Gasteiger partial charge is 0.349 e. The summed E-state index contributed by atoms with van der Waals surface area (Å²) in [7, 11) is 0. The zero-order valence-electron chi connectivity index (χ0n) is 13.8. The number of fused-ring (bicyclic) bond motifs is 1. The van der Waals surface area contributed by atoms with Crippen LogP contribution in [0.4, 0.5) is 0 Å². The molecule has 128 valence electrons. The fourth-order valence-corrected chi connectivity index (χ4v) is 3.24. The minimum atomic E-state index is -0.512. The number of nitrogens with zero attached hydrogens (tertiary/aromatic N) is 2. The summed E-state index contributed by atoms with van der Waals surface area (Å²) in [4.78, 5) is 42.9. The second-order valence-electron chi connectivity index (χ2n) is 6.31. The fraction of sp³-hybridized carbons (Fsp3) is 0.529. The van der Waals surface area contributed by atoms with Crippen LogP contribution < -0.4 is 16.6 Å². The number of amides is 1. The number of carbonyl (C=O) groups excluding carboxylic acids is 1. The lowest BCUT2D eigenvalue weighted by atomic mass is 9.95. The van der Waals surface area contributed by atoms with Crippen LogP contribution in [0.2, 0.25) is 0 Å². The van der Waals surface area contributed by atoms with Gasteiger partial charge in [0, 0.05) is 18.8 Å². The standard InChI is InChI=1S/C17H22N4O3/c1-2-8-21-14-13(16(23)20-17(21)24)9-11(10-18-14)15(22)19-12-6-4-3-5-7-12/h9-10,12H,2-8H2,1H3,(H,19,22)(H,20,23,24). The molecule has 0 saturated heterocycles. The second kappa shape index (κ2) is 6.98. The van der Waals surface area contributed by atoms with E-state index in [1.54, 1.807) is 0 Å². The number of hydrogen-bond donors (Lipinski definition) is 2. The van der Waals surface area contributed by atoms with Crippen molar-refractivity contribution in [3.63, 3.8) is 0 Å². The van der Waals surface area contributed by atoms with Crippen molar-refractivity contribution in [3.05, 3.63) is 38.7 Å². The van der Waals surface area contributed by atoms with E-state index in [2.05, 4.69) is 15.3 Å². The normalized spacial score (nSPS) is 15.5. The predicted molar refractivity (Wildman–Crippen MR) is 91.3 cm³/mol. The highest BCUT2D eigenvalue weighted by molar-refractivity contribution is 5.96. The van der Waals surface area contributed by atoms with E-state index < -0.39 is 11.2 Å². The Kier molecular flexibility index (Phi) is 4.78. The van der Waals surface area contributed by atoms with Crippen molar-refractivity contribution in [2.45, 2.75) is 58.0 Å². The average Bonchev–Trinajstić information content (AvgIpc) is 2.59. The molecule has 2 aromatic heterocycles. The summed E-state index contributed by atoms with van der Waals surface area (Å²) in [6.45, 7) is 2.40. The molecule has 0 atom stereocenters. The molecule has 0 aliphatic heterocycles. The molecule has 1 aliphatic carbocycles. The molecule has 2 heterocycles. The van der Waals surface area contributed by atoms with E-state index in [-0.39, 0.29) is 17.3 Å². The van der Waals surface area contributed by atoms with Crippen LogP contribution in [-0.4, -0.2) is 26.5 Å². The van der Waals surface area contributed by atoms with Gasteiger partial charge < -0.3 is 5.32 Å². The van der Waals surface area contributed by atoms with E-state index in [9.17, 15) is 14.4 Å². The van der Waals surface area contributed by atoms with Crippen molar-refractivity contribution >= 4 is 16.9 Å². The van der Waals surface area contributed by atoms with Crippen molar-refractivity contribution in [3.8, 4) is 0 Å². The first-order valence-electron chi connectivity index (χ1n) is 8.54. The van der Waals surface area contributed by atoms with Gasteiger partial charge in [0.1, 0.15) is 5.65 Å². The molecule has 0 aromatic carbocycles. The van der Waals surface area contributed by atoms with E-state index in [0.717, 1.165) is 32.1 Å². The zero-order valence-corrected chi connectivity index (χ0v) is 13.8. The van der Waals surface area contributed by atoms with E-state index in [0.29, 0.717) is 17.8 Å². The number of pyridine rings is 1. The van der Waals surface area contributed by atoms with Gasteiger partial charge in [-0.05, 0) is 25.3 Å². The molecule has 7 heteroatoms. The number of H-pyrrole nitrogens is 1. The number of rotatable bonds is 4. The lowest BCUT2D eigenvalue weighted by Crippen LogP contribution is -2.36.